The molecule has 0 unspecified atom stereocenters. The maximum Gasteiger partial charge on any atom is 0.141 e. The number of rotatable bonds is 4. The number of pyridine rings is 1. The molecule has 1 aromatic rings. The Morgan fingerprint density at radius 1 is 1.17 bits per heavy atom. The highest BCUT2D eigenvalue weighted by atomic mass is 19.1. The smallest absolute Gasteiger partial charge is 0.141 e. The monoisotopic (exact) mass is 253 g/mol. The molecule has 0 saturated carbocycles. The summed E-state index contributed by atoms with van der Waals surface area (Å²) < 4.78 is 13.0. The molecular formula is C13H20FN3O. The van der Waals surface area contributed by atoms with E-state index in [1.54, 1.807) is 12.3 Å². The Balaban J connectivity index is 1.87. The molecule has 1 aromatic heterocycles. The van der Waals surface area contributed by atoms with Crippen LogP contribution in [0.2, 0.25) is 0 Å². The van der Waals surface area contributed by atoms with Crippen LogP contribution in [-0.4, -0.2) is 59.2 Å². The largest absolute Gasteiger partial charge is 0.395 e. The van der Waals surface area contributed by atoms with Crippen molar-refractivity contribution < 1.29 is 9.50 Å². The van der Waals surface area contributed by atoms with Crippen LogP contribution < -0.4 is 0 Å². The van der Waals surface area contributed by atoms with Gasteiger partial charge in [0.2, 0.25) is 0 Å². The minimum Gasteiger partial charge on any atom is -0.395 e. The summed E-state index contributed by atoms with van der Waals surface area (Å²) in [5.41, 5.74) is 0.922. The predicted octanol–water partition coefficient (Wildman–Crippen LogP) is 0.721. The zero-order valence-corrected chi connectivity index (χ0v) is 10.6. The highest BCUT2D eigenvalue weighted by Gasteiger charge is 2.14. The van der Waals surface area contributed by atoms with E-state index < -0.39 is 0 Å². The second kappa shape index (κ2) is 6.78. The van der Waals surface area contributed by atoms with E-state index in [9.17, 15) is 4.39 Å². The summed E-state index contributed by atoms with van der Waals surface area (Å²) in [4.78, 5) is 8.45. The first-order valence-electron chi connectivity index (χ1n) is 6.43. The molecule has 0 aliphatic carbocycles. The summed E-state index contributed by atoms with van der Waals surface area (Å²) in [6.45, 7) is 5.66. The van der Waals surface area contributed by atoms with Gasteiger partial charge >= 0.3 is 0 Å². The standard InChI is InChI=1S/C13H20FN3O/c14-13-8-12(9-15-10-13)11-17-3-1-2-16(4-5-17)6-7-18/h8-10,18H,1-7,11H2. The fourth-order valence-electron chi connectivity index (χ4n) is 2.35. The van der Waals surface area contributed by atoms with Crippen molar-refractivity contribution >= 4 is 0 Å². The molecular weight excluding hydrogens is 233 g/mol. The highest BCUT2D eigenvalue weighted by Crippen LogP contribution is 2.09. The molecule has 0 amide bonds. The van der Waals surface area contributed by atoms with Crippen molar-refractivity contribution in [1.29, 1.82) is 0 Å². The molecule has 1 N–H and O–H groups in total. The molecule has 1 fully saturated rings. The molecule has 0 aromatic carbocycles. The number of hydrogen-bond donors (Lipinski definition) is 1. The molecule has 18 heavy (non-hydrogen) atoms. The summed E-state index contributed by atoms with van der Waals surface area (Å²) in [6.07, 6.45) is 4.04. The summed E-state index contributed by atoms with van der Waals surface area (Å²) in [6, 6.07) is 1.55. The van der Waals surface area contributed by atoms with Gasteiger partial charge in [0.15, 0.2) is 0 Å². The molecule has 4 nitrogen and oxygen atoms in total. The van der Waals surface area contributed by atoms with Crippen LogP contribution >= 0.6 is 0 Å². The van der Waals surface area contributed by atoms with E-state index in [-0.39, 0.29) is 12.4 Å². The van der Waals surface area contributed by atoms with E-state index in [2.05, 4.69) is 14.8 Å². The summed E-state index contributed by atoms with van der Waals surface area (Å²) >= 11 is 0. The van der Waals surface area contributed by atoms with Crippen molar-refractivity contribution in [3.05, 3.63) is 29.8 Å². The van der Waals surface area contributed by atoms with Crippen LogP contribution in [0.25, 0.3) is 0 Å². The van der Waals surface area contributed by atoms with Crippen LogP contribution in [-0.2, 0) is 6.54 Å². The number of β-amino-alcohol motifs (C(OH)–C–C–N with tert-alkyl or cyclic N) is 1. The lowest BCUT2D eigenvalue weighted by molar-refractivity contribution is 0.196. The molecule has 0 atom stereocenters. The van der Waals surface area contributed by atoms with Crippen molar-refractivity contribution in [2.24, 2.45) is 0 Å². The average Bonchev–Trinajstić information content (AvgIpc) is 2.56. The Hall–Kier alpha value is -1.04. The van der Waals surface area contributed by atoms with Gasteiger partial charge in [0.25, 0.3) is 0 Å². The minimum atomic E-state index is -0.274. The fraction of sp³-hybridized carbons (Fsp3) is 0.615. The Morgan fingerprint density at radius 3 is 2.72 bits per heavy atom. The zero-order valence-electron chi connectivity index (χ0n) is 10.6. The van der Waals surface area contributed by atoms with Gasteiger partial charge in [-0.1, -0.05) is 0 Å². The van der Waals surface area contributed by atoms with Crippen LogP contribution in [0.15, 0.2) is 18.5 Å². The third kappa shape index (κ3) is 4.01. The lowest BCUT2D eigenvalue weighted by atomic mass is 10.2. The molecule has 0 spiro atoms. The van der Waals surface area contributed by atoms with Crippen LogP contribution in [0.1, 0.15) is 12.0 Å². The van der Waals surface area contributed by atoms with E-state index in [4.69, 9.17) is 5.11 Å². The van der Waals surface area contributed by atoms with Gasteiger partial charge in [0, 0.05) is 32.4 Å². The van der Waals surface area contributed by atoms with Crippen molar-refractivity contribution in [2.75, 3.05) is 39.3 Å². The summed E-state index contributed by atoms with van der Waals surface area (Å²) in [5, 5.41) is 8.94. The number of aromatic nitrogens is 1. The van der Waals surface area contributed by atoms with Gasteiger partial charge in [0.05, 0.1) is 12.8 Å². The van der Waals surface area contributed by atoms with E-state index in [1.165, 1.54) is 6.20 Å². The maximum atomic E-state index is 13.0. The lowest BCUT2D eigenvalue weighted by Crippen LogP contribution is -2.32. The van der Waals surface area contributed by atoms with Crippen molar-refractivity contribution in [2.45, 2.75) is 13.0 Å². The van der Waals surface area contributed by atoms with Crippen molar-refractivity contribution in [3.8, 4) is 0 Å². The van der Waals surface area contributed by atoms with Gasteiger partial charge in [-0.3, -0.25) is 14.8 Å². The number of hydrogen-bond acceptors (Lipinski definition) is 4. The SMILES string of the molecule is OCCN1CCCN(Cc2cncc(F)c2)CC1. The molecule has 2 rings (SSSR count). The molecule has 2 heterocycles. The zero-order chi connectivity index (χ0) is 12.8. The van der Waals surface area contributed by atoms with Crippen LogP contribution in [0, 0.1) is 5.82 Å². The Bertz CT molecular complexity index is 375. The molecule has 5 heteroatoms. The van der Waals surface area contributed by atoms with Gasteiger partial charge in [0.1, 0.15) is 5.82 Å². The number of aliphatic hydroxyl groups excluding tert-OH is 1. The second-order valence-corrected chi connectivity index (χ2v) is 4.71. The van der Waals surface area contributed by atoms with E-state index in [0.717, 1.165) is 51.3 Å². The van der Waals surface area contributed by atoms with Gasteiger partial charge in [-0.15, -0.1) is 0 Å². The number of nitrogens with zero attached hydrogens (tertiary/aromatic N) is 3. The van der Waals surface area contributed by atoms with Crippen LogP contribution in [0.4, 0.5) is 4.39 Å². The normalized spacial score (nSPS) is 18.8. The first kappa shape index (κ1) is 13.4. The number of halogens is 1. The third-order valence-corrected chi connectivity index (χ3v) is 3.27. The minimum absolute atomic E-state index is 0.216. The first-order valence-corrected chi connectivity index (χ1v) is 6.43. The summed E-state index contributed by atoms with van der Waals surface area (Å²) in [5.74, 6) is -0.274. The molecule has 0 bridgehead atoms. The fourth-order valence-corrected chi connectivity index (χ4v) is 2.35. The van der Waals surface area contributed by atoms with Gasteiger partial charge in [-0.05, 0) is 31.1 Å². The topological polar surface area (TPSA) is 39.6 Å². The van der Waals surface area contributed by atoms with Crippen LogP contribution in [0.3, 0.4) is 0 Å². The van der Waals surface area contributed by atoms with Crippen LogP contribution in [0.5, 0.6) is 0 Å². The third-order valence-electron chi connectivity index (χ3n) is 3.27. The van der Waals surface area contributed by atoms with Gasteiger partial charge in [-0.25, -0.2) is 4.39 Å². The summed E-state index contributed by atoms with van der Waals surface area (Å²) in [7, 11) is 0. The van der Waals surface area contributed by atoms with E-state index in [1.807, 2.05) is 0 Å². The van der Waals surface area contributed by atoms with E-state index in [0.29, 0.717) is 0 Å². The maximum absolute atomic E-state index is 13.0. The molecule has 1 aliphatic rings. The molecule has 1 saturated heterocycles. The van der Waals surface area contributed by atoms with E-state index >= 15 is 0 Å². The van der Waals surface area contributed by atoms with Gasteiger partial charge in [-0.2, -0.15) is 0 Å². The van der Waals surface area contributed by atoms with Gasteiger partial charge < -0.3 is 5.11 Å². The Labute approximate surface area is 107 Å². The Morgan fingerprint density at radius 2 is 1.94 bits per heavy atom. The first-order chi connectivity index (χ1) is 8.78. The molecule has 0 radical (unpaired) electrons. The quantitative estimate of drug-likeness (QED) is 0.858. The lowest BCUT2D eigenvalue weighted by Gasteiger charge is -2.21. The Kier molecular flexibility index (Phi) is 5.04. The average molecular weight is 253 g/mol. The number of aliphatic hydroxyl groups is 1. The van der Waals surface area contributed by atoms with Crippen molar-refractivity contribution in [3.63, 3.8) is 0 Å². The molecule has 1 aliphatic heterocycles. The molecule has 100 valence electrons. The highest BCUT2D eigenvalue weighted by molar-refractivity contribution is 5.09. The van der Waals surface area contributed by atoms with Crippen molar-refractivity contribution in [1.82, 2.24) is 14.8 Å². The predicted molar refractivity (Wildman–Crippen MR) is 67.6 cm³/mol. The second-order valence-electron chi connectivity index (χ2n) is 4.71.